The summed E-state index contributed by atoms with van der Waals surface area (Å²) < 4.78 is 0. The first-order chi connectivity index (χ1) is 9.15. The van der Waals surface area contributed by atoms with Gasteiger partial charge in [-0.25, -0.2) is 4.98 Å². The summed E-state index contributed by atoms with van der Waals surface area (Å²) in [6.07, 6.45) is 0. The van der Waals surface area contributed by atoms with Gasteiger partial charge in [0.05, 0.1) is 10.9 Å². The quantitative estimate of drug-likeness (QED) is 0.852. The number of rotatable bonds is 6. The third-order valence-electron chi connectivity index (χ3n) is 2.41. The Labute approximate surface area is 119 Å². The van der Waals surface area contributed by atoms with Crippen molar-refractivity contribution in [3.63, 3.8) is 0 Å². The van der Waals surface area contributed by atoms with Gasteiger partial charge in [0.1, 0.15) is 0 Å². The number of nitrogens with one attached hydrogen (secondary N) is 1. The van der Waals surface area contributed by atoms with Crippen molar-refractivity contribution < 1.29 is 9.90 Å². The van der Waals surface area contributed by atoms with Gasteiger partial charge in [0.15, 0.2) is 5.13 Å². The molecule has 0 saturated carbocycles. The van der Waals surface area contributed by atoms with Gasteiger partial charge in [-0.1, -0.05) is 18.2 Å². The fraction of sp³-hybridized carbons (Fsp3) is 0.231. The summed E-state index contributed by atoms with van der Waals surface area (Å²) in [5, 5.41) is 14.4. The van der Waals surface area contributed by atoms with Gasteiger partial charge in [-0.3, -0.25) is 4.79 Å². The van der Waals surface area contributed by atoms with Crippen LogP contribution in [0, 0.1) is 0 Å². The first-order valence-corrected chi connectivity index (χ1v) is 7.69. The van der Waals surface area contributed by atoms with Gasteiger partial charge in [-0.15, -0.1) is 23.1 Å². The highest BCUT2D eigenvalue weighted by Crippen LogP contribution is 2.24. The van der Waals surface area contributed by atoms with E-state index in [1.807, 2.05) is 35.7 Å². The number of aromatic nitrogens is 1. The second-order valence-corrected chi connectivity index (χ2v) is 6.11. The van der Waals surface area contributed by atoms with E-state index in [0.717, 1.165) is 16.5 Å². The maximum Gasteiger partial charge on any atom is 0.316 e. The predicted octanol–water partition coefficient (Wildman–Crippen LogP) is 3.59. The zero-order valence-electron chi connectivity index (χ0n) is 10.4. The third-order valence-corrected chi connectivity index (χ3v) is 4.38. The average molecular weight is 294 g/mol. The molecular formula is C13H14N2O2S2. The van der Waals surface area contributed by atoms with Crippen LogP contribution in [0.15, 0.2) is 35.7 Å². The molecule has 100 valence electrons. The monoisotopic (exact) mass is 294 g/mol. The van der Waals surface area contributed by atoms with Crippen molar-refractivity contribution in [3.8, 4) is 0 Å². The second kappa shape index (κ2) is 6.58. The normalized spacial score (nSPS) is 12.1. The maximum absolute atomic E-state index is 10.7. The van der Waals surface area contributed by atoms with Crippen LogP contribution in [0.25, 0.3) is 0 Å². The van der Waals surface area contributed by atoms with Crippen LogP contribution in [0.4, 0.5) is 10.8 Å². The highest BCUT2D eigenvalue weighted by molar-refractivity contribution is 7.99. The minimum absolute atomic E-state index is 0.410. The van der Waals surface area contributed by atoms with Gasteiger partial charge < -0.3 is 10.4 Å². The van der Waals surface area contributed by atoms with Crippen molar-refractivity contribution in [2.75, 3.05) is 5.32 Å². The lowest BCUT2D eigenvalue weighted by atomic mass is 10.3. The summed E-state index contributed by atoms with van der Waals surface area (Å²) in [5.74, 6) is -0.177. The maximum atomic E-state index is 10.7. The van der Waals surface area contributed by atoms with Crippen molar-refractivity contribution in [1.29, 1.82) is 0 Å². The fourth-order valence-electron chi connectivity index (χ4n) is 1.36. The summed E-state index contributed by atoms with van der Waals surface area (Å²) in [6, 6.07) is 9.83. The molecule has 1 unspecified atom stereocenters. The molecule has 2 aromatic rings. The molecule has 0 spiro atoms. The third kappa shape index (κ3) is 4.25. The number of thiazole rings is 1. The molecule has 1 aromatic carbocycles. The van der Waals surface area contributed by atoms with Crippen molar-refractivity contribution in [2.24, 2.45) is 0 Å². The van der Waals surface area contributed by atoms with Crippen molar-refractivity contribution in [1.82, 2.24) is 4.98 Å². The Bertz CT molecular complexity index is 543. The number of thioether (sulfide) groups is 1. The summed E-state index contributed by atoms with van der Waals surface area (Å²) in [5.41, 5.74) is 1.90. The van der Waals surface area contributed by atoms with Gasteiger partial charge in [-0.2, -0.15) is 0 Å². The molecule has 19 heavy (non-hydrogen) atoms. The van der Waals surface area contributed by atoms with Crippen molar-refractivity contribution in [3.05, 3.63) is 41.4 Å². The topological polar surface area (TPSA) is 62.2 Å². The van der Waals surface area contributed by atoms with Gasteiger partial charge in [0, 0.05) is 16.8 Å². The van der Waals surface area contributed by atoms with Gasteiger partial charge in [0.25, 0.3) is 0 Å². The highest BCUT2D eigenvalue weighted by atomic mass is 32.2. The highest BCUT2D eigenvalue weighted by Gasteiger charge is 2.12. The van der Waals surface area contributed by atoms with Crippen LogP contribution >= 0.6 is 23.1 Å². The number of para-hydroxylation sites is 1. The molecule has 0 aliphatic rings. The van der Waals surface area contributed by atoms with Crippen LogP contribution < -0.4 is 5.32 Å². The van der Waals surface area contributed by atoms with Crippen LogP contribution in [0.3, 0.4) is 0 Å². The van der Waals surface area contributed by atoms with Gasteiger partial charge >= 0.3 is 5.97 Å². The lowest BCUT2D eigenvalue weighted by Crippen LogP contribution is -2.11. The number of anilines is 2. The standard InChI is InChI=1S/C13H14N2O2S2/c1-9(12(16)17)18-7-11-8-19-13(15-11)14-10-5-3-2-4-6-10/h2-6,8-9H,7H2,1H3,(H,14,15)(H,16,17). The van der Waals surface area contributed by atoms with E-state index in [1.54, 1.807) is 6.92 Å². The Morgan fingerprint density at radius 3 is 2.89 bits per heavy atom. The lowest BCUT2D eigenvalue weighted by molar-refractivity contribution is -0.136. The molecule has 2 N–H and O–H groups in total. The molecule has 4 nitrogen and oxygen atoms in total. The molecule has 0 radical (unpaired) electrons. The molecular weight excluding hydrogens is 280 g/mol. The van der Waals surface area contributed by atoms with Crippen molar-refractivity contribution in [2.45, 2.75) is 17.9 Å². The molecule has 0 saturated heterocycles. The first-order valence-electron chi connectivity index (χ1n) is 5.76. The number of aliphatic carboxylic acids is 1. The Balaban J connectivity index is 1.90. The molecule has 0 aliphatic heterocycles. The summed E-state index contributed by atoms with van der Waals surface area (Å²) in [6.45, 7) is 1.68. The van der Waals surface area contributed by atoms with Crippen LogP contribution in [0.5, 0.6) is 0 Å². The Kier molecular flexibility index (Phi) is 4.81. The Hall–Kier alpha value is -1.53. The van der Waals surface area contributed by atoms with E-state index >= 15 is 0 Å². The van der Waals surface area contributed by atoms with E-state index in [0.29, 0.717) is 5.75 Å². The summed E-state index contributed by atoms with van der Waals surface area (Å²) >= 11 is 2.90. The number of benzene rings is 1. The van der Waals surface area contributed by atoms with E-state index in [9.17, 15) is 4.79 Å². The largest absolute Gasteiger partial charge is 0.480 e. The van der Waals surface area contributed by atoms with E-state index in [-0.39, 0.29) is 0 Å². The zero-order chi connectivity index (χ0) is 13.7. The molecule has 1 atom stereocenters. The fourth-order valence-corrected chi connectivity index (χ4v) is 2.90. The molecule has 0 aliphatic carbocycles. The molecule has 6 heteroatoms. The number of carboxylic acid groups (broad SMARTS) is 1. The molecule has 1 aromatic heterocycles. The van der Waals surface area contributed by atoms with E-state index in [4.69, 9.17) is 5.11 Å². The predicted molar refractivity (Wildman–Crippen MR) is 80.2 cm³/mol. The van der Waals surface area contributed by atoms with Gasteiger partial charge in [-0.05, 0) is 19.1 Å². The number of hydrogen-bond donors (Lipinski definition) is 2. The van der Waals surface area contributed by atoms with E-state index in [2.05, 4.69) is 10.3 Å². The zero-order valence-corrected chi connectivity index (χ0v) is 12.0. The van der Waals surface area contributed by atoms with Crippen LogP contribution in [0.1, 0.15) is 12.6 Å². The van der Waals surface area contributed by atoms with E-state index < -0.39 is 11.2 Å². The Morgan fingerprint density at radius 2 is 2.21 bits per heavy atom. The van der Waals surface area contributed by atoms with E-state index in [1.165, 1.54) is 23.1 Å². The number of nitrogens with zero attached hydrogens (tertiary/aromatic N) is 1. The van der Waals surface area contributed by atoms with Gasteiger partial charge in [0.2, 0.25) is 0 Å². The SMILES string of the molecule is CC(SCc1csc(Nc2ccccc2)n1)C(=O)O. The van der Waals surface area contributed by atoms with Crippen LogP contribution in [-0.4, -0.2) is 21.3 Å². The minimum Gasteiger partial charge on any atom is -0.480 e. The molecule has 1 heterocycles. The first kappa shape index (κ1) is 13.9. The summed E-state index contributed by atoms with van der Waals surface area (Å²) in [7, 11) is 0. The number of carbonyl (C=O) groups is 1. The molecule has 2 rings (SSSR count). The number of hydrogen-bond acceptors (Lipinski definition) is 5. The average Bonchev–Trinajstić information content (AvgIpc) is 2.84. The lowest BCUT2D eigenvalue weighted by Gasteiger charge is -2.03. The smallest absolute Gasteiger partial charge is 0.316 e. The number of carboxylic acids is 1. The minimum atomic E-state index is -0.789. The molecule has 0 amide bonds. The van der Waals surface area contributed by atoms with Crippen LogP contribution in [-0.2, 0) is 10.5 Å². The second-order valence-electron chi connectivity index (χ2n) is 3.93. The summed E-state index contributed by atoms with van der Waals surface area (Å²) in [4.78, 5) is 15.1. The van der Waals surface area contributed by atoms with Crippen LogP contribution in [0.2, 0.25) is 0 Å². The Morgan fingerprint density at radius 1 is 1.47 bits per heavy atom. The molecule has 0 fully saturated rings. The molecule has 0 bridgehead atoms. The van der Waals surface area contributed by atoms with Crippen molar-refractivity contribution >= 4 is 39.9 Å².